The Morgan fingerprint density at radius 1 is 0.897 bits per heavy atom. The minimum atomic E-state index is -0.106. The van der Waals surface area contributed by atoms with Crippen LogP contribution in [0.5, 0.6) is 0 Å². The molecular formula is C25H25N3O. The zero-order valence-corrected chi connectivity index (χ0v) is 16.6. The Bertz CT molecular complexity index is 958. The molecule has 0 unspecified atom stereocenters. The molecule has 3 aromatic carbocycles. The first kappa shape index (κ1) is 20.3. The van der Waals surface area contributed by atoms with Crippen LogP contribution in [-0.2, 0) is 13.1 Å². The molecule has 3 rings (SSSR count). The molecule has 29 heavy (non-hydrogen) atoms. The highest BCUT2D eigenvalue weighted by molar-refractivity contribution is 6.04. The number of hydrogen-bond acceptors (Lipinski definition) is 3. The fourth-order valence-electron chi connectivity index (χ4n) is 3.22. The summed E-state index contributed by atoms with van der Waals surface area (Å²) in [5, 5.41) is 11.9. The van der Waals surface area contributed by atoms with E-state index in [0.29, 0.717) is 11.1 Å². The Balaban J connectivity index is 1.62. The van der Waals surface area contributed by atoms with Crippen LogP contribution in [0.4, 0.5) is 5.69 Å². The molecule has 1 N–H and O–H groups in total. The fourth-order valence-corrected chi connectivity index (χ4v) is 3.22. The molecule has 0 aliphatic heterocycles. The highest BCUT2D eigenvalue weighted by Gasteiger charge is 2.09. The Hall–Kier alpha value is -3.42. The van der Waals surface area contributed by atoms with Gasteiger partial charge in [0.25, 0.3) is 5.91 Å². The molecule has 0 radical (unpaired) electrons. The topological polar surface area (TPSA) is 56.1 Å². The van der Waals surface area contributed by atoms with E-state index in [-0.39, 0.29) is 5.91 Å². The summed E-state index contributed by atoms with van der Waals surface area (Å²) >= 11 is 0. The molecule has 4 heteroatoms. The number of amides is 1. The monoisotopic (exact) mass is 383 g/mol. The summed E-state index contributed by atoms with van der Waals surface area (Å²) in [6.45, 7) is 4.79. The average Bonchev–Trinajstić information content (AvgIpc) is 2.75. The molecule has 0 heterocycles. The van der Waals surface area contributed by atoms with Crippen molar-refractivity contribution in [3.8, 4) is 6.07 Å². The van der Waals surface area contributed by atoms with Crippen molar-refractivity contribution >= 4 is 11.6 Å². The maximum absolute atomic E-state index is 12.4. The first-order chi connectivity index (χ1) is 14.2. The molecule has 0 saturated carbocycles. The lowest BCUT2D eigenvalue weighted by molar-refractivity contribution is 0.102. The molecule has 0 bridgehead atoms. The number of carbonyl (C=O) groups excluding carboxylic acids is 1. The van der Waals surface area contributed by atoms with Crippen LogP contribution in [0.1, 0.15) is 40.4 Å². The molecule has 1 amide bonds. The summed E-state index contributed by atoms with van der Waals surface area (Å²) in [6.07, 6.45) is 1.06. The van der Waals surface area contributed by atoms with Crippen LogP contribution in [0.15, 0.2) is 78.9 Å². The van der Waals surface area contributed by atoms with Gasteiger partial charge in [-0.25, -0.2) is 0 Å². The Morgan fingerprint density at radius 3 is 2.03 bits per heavy atom. The Kier molecular flexibility index (Phi) is 7.16. The molecule has 3 aromatic rings. The lowest BCUT2D eigenvalue weighted by Crippen LogP contribution is -2.23. The van der Waals surface area contributed by atoms with E-state index in [1.807, 2.05) is 78.9 Å². The summed E-state index contributed by atoms with van der Waals surface area (Å²) in [5.41, 5.74) is 4.48. The number of para-hydroxylation sites is 1. The Morgan fingerprint density at radius 2 is 1.48 bits per heavy atom. The van der Waals surface area contributed by atoms with Crippen molar-refractivity contribution in [2.24, 2.45) is 0 Å². The summed E-state index contributed by atoms with van der Waals surface area (Å²) in [6, 6.07) is 27.1. The molecule has 0 fully saturated rings. The smallest absolute Gasteiger partial charge is 0.255 e. The van der Waals surface area contributed by atoms with Crippen molar-refractivity contribution in [2.75, 3.05) is 11.9 Å². The molecule has 0 aliphatic rings. The summed E-state index contributed by atoms with van der Waals surface area (Å²) < 4.78 is 0. The van der Waals surface area contributed by atoms with Gasteiger partial charge in [-0.05, 0) is 60.5 Å². The molecule has 4 nitrogen and oxygen atoms in total. The molecule has 0 aromatic heterocycles. The Labute approximate surface area is 172 Å². The number of nitrogens with one attached hydrogen (secondary N) is 1. The van der Waals surface area contributed by atoms with E-state index in [1.165, 1.54) is 11.1 Å². The van der Waals surface area contributed by atoms with Gasteiger partial charge in [0.2, 0.25) is 0 Å². The predicted molar refractivity (Wildman–Crippen MR) is 116 cm³/mol. The van der Waals surface area contributed by atoms with Crippen LogP contribution < -0.4 is 5.32 Å². The van der Waals surface area contributed by atoms with Crippen molar-refractivity contribution in [2.45, 2.75) is 26.4 Å². The quantitative estimate of drug-likeness (QED) is 0.580. The zero-order chi connectivity index (χ0) is 20.5. The van der Waals surface area contributed by atoms with E-state index < -0.39 is 0 Å². The van der Waals surface area contributed by atoms with Crippen LogP contribution in [0.3, 0.4) is 0 Å². The number of nitrogens with zero attached hydrogens (tertiary/aromatic N) is 2. The van der Waals surface area contributed by atoms with Crippen molar-refractivity contribution in [1.29, 1.82) is 5.26 Å². The third-order valence-electron chi connectivity index (χ3n) is 4.68. The SMILES string of the molecule is CCCN(Cc1ccc(C#N)cc1)Cc1ccc(C(=O)Nc2ccccc2)cc1. The summed E-state index contributed by atoms with van der Waals surface area (Å²) in [5.74, 6) is -0.106. The second kappa shape index (κ2) is 10.2. The predicted octanol–water partition coefficient (Wildman–Crippen LogP) is 5.22. The van der Waals surface area contributed by atoms with E-state index in [1.54, 1.807) is 0 Å². The van der Waals surface area contributed by atoms with Gasteiger partial charge in [-0.15, -0.1) is 0 Å². The number of benzene rings is 3. The highest BCUT2D eigenvalue weighted by atomic mass is 16.1. The number of hydrogen-bond donors (Lipinski definition) is 1. The molecule has 0 saturated heterocycles. The lowest BCUT2D eigenvalue weighted by Gasteiger charge is -2.22. The van der Waals surface area contributed by atoms with Gasteiger partial charge in [0.05, 0.1) is 11.6 Å². The van der Waals surface area contributed by atoms with Gasteiger partial charge in [-0.3, -0.25) is 9.69 Å². The average molecular weight is 383 g/mol. The number of anilines is 1. The van der Waals surface area contributed by atoms with Gasteiger partial charge in [0.1, 0.15) is 0 Å². The first-order valence-corrected chi connectivity index (χ1v) is 9.84. The van der Waals surface area contributed by atoms with Gasteiger partial charge in [0.15, 0.2) is 0 Å². The molecule has 0 spiro atoms. The largest absolute Gasteiger partial charge is 0.322 e. The molecule has 0 atom stereocenters. The minimum absolute atomic E-state index is 0.106. The number of rotatable bonds is 8. The zero-order valence-electron chi connectivity index (χ0n) is 16.6. The van der Waals surface area contributed by atoms with Crippen LogP contribution in [-0.4, -0.2) is 17.4 Å². The van der Waals surface area contributed by atoms with E-state index >= 15 is 0 Å². The van der Waals surface area contributed by atoms with Crippen molar-refractivity contribution in [3.05, 3.63) is 101 Å². The number of carbonyl (C=O) groups is 1. The minimum Gasteiger partial charge on any atom is -0.322 e. The number of nitriles is 1. The van der Waals surface area contributed by atoms with Gasteiger partial charge < -0.3 is 5.32 Å². The van der Waals surface area contributed by atoms with Crippen LogP contribution >= 0.6 is 0 Å². The van der Waals surface area contributed by atoms with Gasteiger partial charge in [0, 0.05) is 24.3 Å². The third kappa shape index (κ3) is 6.03. The van der Waals surface area contributed by atoms with Crippen LogP contribution in [0, 0.1) is 11.3 Å². The molecule has 146 valence electrons. The standard InChI is InChI=1S/C25H25N3O/c1-2-16-28(18-21-10-8-20(17-26)9-11-21)19-22-12-14-23(15-13-22)25(29)27-24-6-4-3-5-7-24/h3-15H,2,16,18-19H2,1H3,(H,27,29). The van der Waals surface area contributed by atoms with E-state index in [9.17, 15) is 4.79 Å². The van der Waals surface area contributed by atoms with E-state index in [4.69, 9.17) is 5.26 Å². The second-order valence-corrected chi connectivity index (χ2v) is 7.04. The van der Waals surface area contributed by atoms with Gasteiger partial charge in [-0.2, -0.15) is 5.26 Å². The normalized spacial score (nSPS) is 10.5. The molecular weight excluding hydrogens is 358 g/mol. The molecule has 0 aliphatic carbocycles. The summed E-state index contributed by atoms with van der Waals surface area (Å²) in [4.78, 5) is 14.8. The lowest BCUT2D eigenvalue weighted by atomic mass is 10.1. The summed E-state index contributed by atoms with van der Waals surface area (Å²) in [7, 11) is 0. The van der Waals surface area contributed by atoms with Gasteiger partial charge >= 0.3 is 0 Å². The third-order valence-corrected chi connectivity index (χ3v) is 4.68. The first-order valence-electron chi connectivity index (χ1n) is 9.84. The maximum Gasteiger partial charge on any atom is 0.255 e. The fraction of sp³-hybridized carbons (Fsp3) is 0.200. The van der Waals surface area contributed by atoms with Crippen LogP contribution in [0.2, 0.25) is 0 Å². The van der Waals surface area contributed by atoms with Crippen molar-refractivity contribution in [3.63, 3.8) is 0 Å². The van der Waals surface area contributed by atoms with Crippen molar-refractivity contribution < 1.29 is 4.79 Å². The van der Waals surface area contributed by atoms with Crippen LogP contribution in [0.25, 0.3) is 0 Å². The van der Waals surface area contributed by atoms with E-state index in [0.717, 1.165) is 31.7 Å². The van der Waals surface area contributed by atoms with E-state index in [2.05, 4.69) is 23.2 Å². The van der Waals surface area contributed by atoms with Crippen molar-refractivity contribution in [1.82, 2.24) is 4.90 Å². The van der Waals surface area contributed by atoms with Gasteiger partial charge in [-0.1, -0.05) is 49.4 Å². The maximum atomic E-state index is 12.4. The highest BCUT2D eigenvalue weighted by Crippen LogP contribution is 2.14. The second-order valence-electron chi connectivity index (χ2n) is 7.04.